The van der Waals surface area contributed by atoms with Crippen LogP contribution in [0.4, 0.5) is 11.4 Å². The van der Waals surface area contributed by atoms with Crippen molar-refractivity contribution in [2.45, 2.75) is 9.65 Å². The molecule has 0 aromatic heterocycles. The van der Waals surface area contributed by atoms with E-state index in [4.69, 9.17) is 9.84 Å². The number of hydrogen-bond acceptors (Lipinski definition) is 5. The average molecular weight is 426 g/mol. The Balaban J connectivity index is 2.95. The van der Waals surface area contributed by atoms with Gasteiger partial charge in [0.2, 0.25) is 5.91 Å². The lowest BCUT2D eigenvalue weighted by molar-refractivity contribution is -0.384. The summed E-state index contributed by atoms with van der Waals surface area (Å²) in [5, 5.41) is 21.9. The second-order valence-electron chi connectivity index (χ2n) is 3.77. The molecule has 21 heavy (non-hydrogen) atoms. The van der Waals surface area contributed by atoms with E-state index in [9.17, 15) is 19.7 Å². The number of non-ortho nitro benzene ring substituents is 1. The number of nitrogens with one attached hydrogen (secondary N) is 1. The molecule has 0 aliphatic carbocycles. The Labute approximate surface area is 135 Å². The molecule has 10 heteroatoms. The van der Waals surface area contributed by atoms with Crippen LogP contribution in [0.5, 0.6) is 5.75 Å². The van der Waals surface area contributed by atoms with E-state index < -0.39 is 26.5 Å². The smallest absolute Gasteiger partial charge is 0.318 e. The highest BCUT2D eigenvalue weighted by Crippen LogP contribution is 2.29. The summed E-state index contributed by atoms with van der Waals surface area (Å²) in [7, 11) is 1.30. The SMILES string of the molecule is COc1cc([N+](=O)[O-])ccc1NC(=O)[C@H](Br)[C@H](Br)C(=O)O. The number of hydrogen-bond donors (Lipinski definition) is 2. The van der Waals surface area contributed by atoms with Gasteiger partial charge in [-0.1, -0.05) is 31.9 Å². The van der Waals surface area contributed by atoms with E-state index in [0.29, 0.717) is 0 Å². The summed E-state index contributed by atoms with van der Waals surface area (Å²) in [5.74, 6) is -1.74. The zero-order valence-corrected chi connectivity index (χ0v) is 13.8. The van der Waals surface area contributed by atoms with Gasteiger partial charge in [0.1, 0.15) is 15.4 Å². The molecule has 1 amide bonds. The number of carboxylic acid groups (broad SMARTS) is 1. The number of nitrogens with zero attached hydrogens (tertiary/aromatic N) is 1. The molecule has 1 rings (SSSR count). The number of ether oxygens (including phenoxy) is 1. The predicted molar refractivity (Wildman–Crippen MR) is 81.3 cm³/mol. The third kappa shape index (κ3) is 4.39. The van der Waals surface area contributed by atoms with Crippen LogP contribution in [0.2, 0.25) is 0 Å². The minimum Gasteiger partial charge on any atom is -0.494 e. The van der Waals surface area contributed by atoms with Crippen molar-refractivity contribution in [3.05, 3.63) is 28.3 Å². The van der Waals surface area contributed by atoms with Crippen molar-refractivity contribution in [1.82, 2.24) is 0 Å². The van der Waals surface area contributed by atoms with Gasteiger partial charge in [0.05, 0.1) is 23.8 Å². The van der Waals surface area contributed by atoms with E-state index >= 15 is 0 Å². The number of carboxylic acids is 1. The molecule has 0 saturated heterocycles. The summed E-state index contributed by atoms with van der Waals surface area (Å²) in [6.07, 6.45) is 0. The number of benzene rings is 1. The van der Waals surface area contributed by atoms with Gasteiger partial charge < -0.3 is 15.2 Å². The lowest BCUT2D eigenvalue weighted by atomic mass is 10.2. The fraction of sp³-hybridized carbons (Fsp3) is 0.273. The zero-order chi connectivity index (χ0) is 16.2. The molecular formula is C11H10Br2N2O6. The maximum Gasteiger partial charge on any atom is 0.318 e. The van der Waals surface area contributed by atoms with Gasteiger partial charge in [-0.25, -0.2) is 0 Å². The summed E-state index contributed by atoms with van der Waals surface area (Å²) in [4.78, 5) is 30.6. The van der Waals surface area contributed by atoms with Crippen molar-refractivity contribution in [1.29, 1.82) is 0 Å². The number of aliphatic carboxylic acids is 1. The molecule has 1 aromatic carbocycles. The number of carbonyl (C=O) groups excluding carboxylic acids is 1. The van der Waals surface area contributed by atoms with Crippen LogP contribution in [0.1, 0.15) is 0 Å². The standard InChI is InChI=1S/C11H10Br2N2O6/c1-21-7-4-5(15(19)20)2-3-6(7)14-10(16)8(12)9(13)11(17)18/h2-4,8-9H,1H3,(H,14,16)(H,17,18)/t8-,9+/m1/s1. The van der Waals surface area contributed by atoms with Crippen LogP contribution in [0, 0.1) is 10.1 Å². The van der Waals surface area contributed by atoms with Crippen molar-refractivity contribution < 1.29 is 24.4 Å². The van der Waals surface area contributed by atoms with Gasteiger partial charge in [0.15, 0.2) is 0 Å². The average Bonchev–Trinajstić information content (AvgIpc) is 2.45. The fourth-order valence-electron chi connectivity index (χ4n) is 1.36. The summed E-state index contributed by atoms with van der Waals surface area (Å²) >= 11 is 5.82. The minimum absolute atomic E-state index is 0.0960. The van der Waals surface area contributed by atoms with E-state index in [-0.39, 0.29) is 17.1 Å². The number of rotatable bonds is 6. The Hall–Kier alpha value is -1.68. The van der Waals surface area contributed by atoms with Gasteiger partial charge in [-0.3, -0.25) is 19.7 Å². The third-order valence-corrected chi connectivity index (χ3v) is 4.97. The van der Waals surface area contributed by atoms with Gasteiger partial charge in [-0.05, 0) is 6.07 Å². The Kier molecular flexibility index (Phi) is 6.09. The lowest BCUT2D eigenvalue weighted by Gasteiger charge is -2.14. The van der Waals surface area contributed by atoms with Crippen molar-refractivity contribution in [3.63, 3.8) is 0 Å². The Morgan fingerprint density at radius 1 is 1.38 bits per heavy atom. The highest BCUT2D eigenvalue weighted by atomic mass is 79.9. The van der Waals surface area contributed by atoms with Crippen LogP contribution in [-0.4, -0.2) is 38.7 Å². The van der Waals surface area contributed by atoms with E-state index in [0.717, 1.165) is 6.07 Å². The van der Waals surface area contributed by atoms with E-state index in [2.05, 4.69) is 37.2 Å². The molecule has 0 radical (unpaired) electrons. The number of nitro groups is 1. The molecule has 0 spiro atoms. The topological polar surface area (TPSA) is 119 Å². The summed E-state index contributed by atoms with van der Waals surface area (Å²) in [6, 6.07) is 3.66. The maximum absolute atomic E-state index is 11.9. The first-order valence-electron chi connectivity index (χ1n) is 5.42. The van der Waals surface area contributed by atoms with Gasteiger partial charge in [-0.2, -0.15) is 0 Å². The fourth-order valence-corrected chi connectivity index (χ4v) is 1.94. The molecule has 0 aliphatic heterocycles. The first kappa shape index (κ1) is 17.4. The van der Waals surface area contributed by atoms with E-state index in [1.54, 1.807) is 0 Å². The summed E-state index contributed by atoms with van der Waals surface area (Å²) < 4.78 is 4.96. The molecule has 0 unspecified atom stereocenters. The number of alkyl halides is 2. The lowest BCUT2D eigenvalue weighted by Crippen LogP contribution is -2.34. The Morgan fingerprint density at radius 3 is 2.48 bits per heavy atom. The van der Waals surface area contributed by atoms with Crippen LogP contribution < -0.4 is 10.1 Å². The molecule has 2 N–H and O–H groups in total. The van der Waals surface area contributed by atoms with E-state index in [1.807, 2.05) is 0 Å². The zero-order valence-electron chi connectivity index (χ0n) is 10.6. The highest BCUT2D eigenvalue weighted by Gasteiger charge is 2.30. The van der Waals surface area contributed by atoms with Crippen molar-refractivity contribution in [3.8, 4) is 5.75 Å². The third-order valence-electron chi connectivity index (χ3n) is 2.40. The molecule has 1 aromatic rings. The normalized spacial score (nSPS) is 13.1. The van der Waals surface area contributed by atoms with Gasteiger partial charge in [0, 0.05) is 6.07 Å². The van der Waals surface area contributed by atoms with Crippen LogP contribution in [-0.2, 0) is 9.59 Å². The van der Waals surface area contributed by atoms with Gasteiger partial charge in [-0.15, -0.1) is 0 Å². The molecule has 0 aliphatic rings. The number of halogens is 2. The minimum atomic E-state index is -1.21. The maximum atomic E-state index is 11.9. The number of anilines is 1. The number of amides is 1. The first-order valence-corrected chi connectivity index (χ1v) is 7.25. The van der Waals surface area contributed by atoms with Crippen LogP contribution in [0.3, 0.4) is 0 Å². The second kappa shape index (κ2) is 7.36. The van der Waals surface area contributed by atoms with Crippen LogP contribution in [0.15, 0.2) is 18.2 Å². The Morgan fingerprint density at radius 2 is 2.00 bits per heavy atom. The van der Waals surface area contributed by atoms with E-state index in [1.165, 1.54) is 19.2 Å². The molecule has 0 bridgehead atoms. The van der Waals surface area contributed by atoms with Crippen LogP contribution in [0.25, 0.3) is 0 Å². The first-order chi connectivity index (χ1) is 9.77. The molecule has 0 saturated carbocycles. The Bertz CT molecular complexity index is 580. The molecule has 8 nitrogen and oxygen atoms in total. The number of carbonyl (C=O) groups is 2. The van der Waals surface area contributed by atoms with Gasteiger partial charge >= 0.3 is 5.97 Å². The quantitative estimate of drug-likeness (QED) is 0.409. The van der Waals surface area contributed by atoms with Crippen LogP contribution >= 0.6 is 31.9 Å². The van der Waals surface area contributed by atoms with Gasteiger partial charge in [0.25, 0.3) is 5.69 Å². The summed E-state index contributed by atoms with van der Waals surface area (Å²) in [5.41, 5.74) is 0.00628. The van der Waals surface area contributed by atoms with Crippen molar-refractivity contribution >= 4 is 55.1 Å². The number of methoxy groups -OCH3 is 1. The molecule has 2 atom stereocenters. The van der Waals surface area contributed by atoms with Crippen molar-refractivity contribution in [2.24, 2.45) is 0 Å². The highest BCUT2D eigenvalue weighted by molar-refractivity contribution is 9.12. The number of nitro benzene ring substituents is 1. The summed E-state index contributed by atoms with van der Waals surface area (Å²) in [6.45, 7) is 0. The monoisotopic (exact) mass is 424 g/mol. The second-order valence-corrected chi connectivity index (χ2v) is 5.75. The molecular weight excluding hydrogens is 416 g/mol. The van der Waals surface area contributed by atoms with Crippen molar-refractivity contribution in [2.75, 3.05) is 12.4 Å². The predicted octanol–water partition coefficient (Wildman–Crippen LogP) is 2.15. The molecule has 0 heterocycles. The molecule has 0 fully saturated rings. The molecule has 114 valence electrons. The largest absolute Gasteiger partial charge is 0.494 e.